The number of alkyl halides is 6. The number of benzene rings is 2. The summed E-state index contributed by atoms with van der Waals surface area (Å²) in [6.45, 7) is -0.0487. The molecular formula is C22H19ClF6N2O2. The molecule has 1 atom stereocenters. The van der Waals surface area contributed by atoms with Gasteiger partial charge in [-0.3, -0.25) is 9.59 Å². The molecule has 2 aromatic carbocycles. The number of likely N-dealkylation sites (tertiary alicyclic amines) is 1. The second kappa shape index (κ2) is 8.89. The van der Waals surface area contributed by atoms with Crippen molar-refractivity contribution in [3.63, 3.8) is 0 Å². The molecule has 1 unspecified atom stereocenters. The summed E-state index contributed by atoms with van der Waals surface area (Å²) in [6, 6.07) is 7.00. The van der Waals surface area contributed by atoms with Gasteiger partial charge in [0.05, 0.1) is 11.1 Å². The average molecular weight is 493 g/mol. The number of nitrogens with zero attached hydrogens (tertiary/aromatic N) is 1. The lowest BCUT2D eigenvalue weighted by Crippen LogP contribution is -2.63. The van der Waals surface area contributed by atoms with Crippen LogP contribution in [0, 0.1) is 0 Å². The number of primary amides is 1. The molecule has 1 heterocycles. The van der Waals surface area contributed by atoms with Crippen LogP contribution in [0.4, 0.5) is 26.3 Å². The Morgan fingerprint density at radius 3 is 1.97 bits per heavy atom. The van der Waals surface area contributed by atoms with E-state index in [1.54, 1.807) is 24.3 Å². The van der Waals surface area contributed by atoms with Gasteiger partial charge < -0.3 is 10.6 Å². The zero-order valence-electron chi connectivity index (χ0n) is 17.1. The zero-order valence-corrected chi connectivity index (χ0v) is 17.8. The molecule has 1 aliphatic heterocycles. The molecule has 0 bridgehead atoms. The molecule has 178 valence electrons. The third-order valence-corrected chi connectivity index (χ3v) is 5.94. The largest absolute Gasteiger partial charge is 0.416 e. The summed E-state index contributed by atoms with van der Waals surface area (Å²) in [5.41, 5.74) is 0.591. The summed E-state index contributed by atoms with van der Waals surface area (Å²) in [6.07, 6.45) is -9.26. The average Bonchev–Trinajstić information content (AvgIpc) is 2.73. The van der Waals surface area contributed by atoms with Crippen LogP contribution < -0.4 is 5.73 Å². The number of piperidine rings is 1. The molecule has 0 radical (unpaired) electrons. The quantitative estimate of drug-likeness (QED) is 0.575. The molecule has 0 aliphatic carbocycles. The van der Waals surface area contributed by atoms with Crippen molar-refractivity contribution in [3.8, 4) is 0 Å². The van der Waals surface area contributed by atoms with Crippen molar-refractivity contribution in [3.05, 3.63) is 69.7 Å². The molecule has 0 saturated carbocycles. The number of nitrogens with two attached hydrogens (primary N) is 1. The van der Waals surface area contributed by atoms with Gasteiger partial charge in [0.2, 0.25) is 5.91 Å². The second-order valence-corrected chi connectivity index (χ2v) is 8.34. The lowest BCUT2D eigenvalue weighted by atomic mass is 9.80. The first-order valence-electron chi connectivity index (χ1n) is 9.90. The predicted molar refractivity (Wildman–Crippen MR) is 108 cm³/mol. The van der Waals surface area contributed by atoms with E-state index in [2.05, 4.69) is 0 Å². The molecular weight excluding hydrogens is 474 g/mol. The Hall–Kier alpha value is -2.75. The number of halogens is 7. The molecule has 0 aromatic heterocycles. The van der Waals surface area contributed by atoms with Crippen molar-refractivity contribution in [1.29, 1.82) is 0 Å². The minimum atomic E-state index is -5.11. The minimum absolute atomic E-state index is 0.0487. The number of hydrogen-bond acceptors (Lipinski definition) is 2. The fourth-order valence-electron chi connectivity index (χ4n) is 4.03. The standard InChI is InChI=1S/C22H19ClF6N2O2/c23-17-5-3-13(4-6-17)12-20(19(30)33)7-1-2-8-31(20)18(32)14-9-15(21(24,25)26)11-16(10-14)22(27,28)29/h3-6,9-11H,1-2,7-8,12H2,(H2,30,33). The normalized spacial score (nSPS) is 19.4. The molecule has 4 nitrogen and oxygen atoms in total. The molecule has 2 amide bonds. The van der Waals surface area contributed by atoms with Crippen LogP contribution in [0.2, 0.25) is 5.02 Å². The monoisotopic (exact) mass is 492 g/mol. The summed E-state index contributed by atoms with van der Waals surface area (Å²) in [4.78, 5) is 26.9. The fourth-order valence-corrected chi connectivity index (χ4v) is 4.16. The maximum Gasteiger partial charge on any atom is 0.416 e. The highest BCUT2D eigenvalue weighted by Gasteiger charge is 2.47. The molecule has 0 spiro atoms. The molecule has 1 fully saturated rings. The Morgan fingerprint density at radius 1 is 0.939 bits per heavy atom. The van der Waals surface area contributed by atoms with E-state index < -0.39 is 46.4 Å². The molecule has 11 heteroatoms. The topological polar surface area (TPSA) is 63.4 Å². The SMILES string of the molecule is NC(=O)C1(Cc2ccc(Cl)cc2)CCCCN1C(=O)c1cc(C(F)(F)F)cc(C(F)(F)F)c1. The van der Waals surface area contributed by atoms with E-state index in [0.29, 0.717) is 35.6 Å². The van der Waals surface area contributed by atoms with Gasteiger partial charge in [-0.05, 0) is 55.2 Å². The summed E-state index contributed by atoms with van der Waals surface area (Å²) in [5.74, 6) is -2.02. The Bertz CT molecular complexity index is 1020. The van der Waals surface area contributed by atoms with Gasteiger partial charge in [-0.15, -0.1) is 0 Å². The van der Waals surface area contributed by atoms with Crippen LogP contribution in [0.15, 0.2) is 42.5 Å². The van der Waals surface area contributed by atoms with E-state index >= 15 is 0 Å². The van der Waals surface area contributed by atoms with Gasteiger partial charge in [-0.25, -0.2) is 0 Å². The third-order valence-electron chi connectivity index (χ3n) is 5.69. The maximum absolute atomic E-state index is 13.3. The zero-order chi connectivity index (χ0) is 24.6. The first kappa shape index (κ1) is 24.9. The predicted octanol–water partition coefficient (Wildman–Crippen LogP) is 5.47. The van der Waals surface area contributed by atoms with Crippen LogP contribution in [0.1, 0.15) is 46.3 Å². The van der Waals surface area contributed by atoms with Gasteiger partial charge >= 0.3 is 12.4 Å². The molecule has 33 heavy (non-hydrogen) atoms. The van der Waals surface area contributed by atoms with Crippen LogP contribution in [-0.4, -0.2) is 28.8 Å². The van der Waals surface area contributed by atoms with E-state index in [1.807, 2.05) is 0 Å². The number of hydrogen-bond donors (Lipinski definition) is 1. The molecule has 1 saturated heterocycles. The van der Waals surface area contributed by atoms with Crippen molar-refractivity contribution in [1.82, 2.24) is 4.90 Å². The highest BCUT2D eigenvalue weighted by molar-refractivity contribution is 6.30. The van der Waals surface area contributed by atoms with Crippen molar-refractivity contribution in [2.45, 2.75) is 43.6 Å². The summed E-state index contributed by atoms with van der Waals surface area (Å²) in [7, 11) is 0. The Kier molecular flexibility index (Phi) is 6.70. The van der Waals surface area contributed by atoms with Crippen LogP contribution in [-0.2, 0) is 23.6 Å². The van der Waals surface area contributed by atoms with Gasteiger partial charge in [-0.2, -0.15) is 26.3 Å². The van der Waals surface area contributed by atoms with E-state index in [1.165, 1.54) is 0 Å². The third kappa shape index (κ3) is 5.26. The van der Waals surface area contributed by atoms with E-state index in [9.17, 15) is 35.9 Å². The number of carbonyl (C=O) groups excluding carboxylic acids is 2. The maximum atomic E-state index is 13.3. The number of carbonyl (C=O) groups is 2. The number of rotatable bonds is 4. The van der Waals surface area contributed by atoms with Gasteiger partial charge in [-0.1, -0.05) is 23.7 Å². The van der Waals surface area contributed by atoms with Gasteiger partial charge in [0.1, 0.15) is 5.54 Å². The van der Waals surface area contributed by atoms with Crippen LogP contribution in [0.5, 0.6) is 0 Å². The van der Waals surface area contributed by atoms with E-state index in [0.717, 1.165) is 4.90 Å². The highest BCUT2D eigenvalue weighted by atomic mass is 35.5. The first-order chi connectivity index (χ1) is 15.2. The lowest BCUT2D eigenvalue weighted by Gasteiger charge is -2.45. The van der Waals surface area contributed by atoms with Gasteiger partial charge in [0, 0.05) is 23.6 Å². The smallest absolute Gasteiger partial charge is 0.368 e. The van der Waals surface area contributed by atoms with E-state index in [4.69, 9.17) is 17.3 Å². The van der Waals surface area contributed by atoms with Crippen molar-refractivity contribution < 1.29 is 35.9 Å². The van der Waals surface area contributed by atoms with Crippen LogP contribution >= 0.6 is 11.6 Å². The van der Waals surface area contributed by atoms with Crippen molar-refractivity contribution >= 4 is 23.4 Å². The van der Waals surface area contributed by atoms with Gasteiger partial charge in [0.15, 0.2) is 0 Å². The second-order valence-electron chi connectivity index (χ2n) is 7.91. The molecule has 2 aromatic rings. The summed E-state index contributed by atoms with van der Waals surface area (Å²) < 4.78 is 79.6. The Labute approximate surface area is 190 Å². The Balaban J connectivity index is 2.09. The molecule has 2 N–H and O–H groups in total. The van der Waals surface area contributed by atoms with E-state index in [-0.39, 0.29) is 25.5 Å². The van der Waals surface area contributed by atoms with Crippen molar-refractivity contribution in [2.75, 3.05) is 6.54 Å². The molecule has 3 rings (SSSR count). The van der Waals surface area contributed by atoms with Gasteiger partial charge in [0.25, 0.3) is 5.91 Å². The number of amides is 2. The lowest BCUT2D eigenvalue weighted by molar-refractivity contribution is -0.143. The summed E-state index contributed by atoms with van der Waals surface area (Å²) in [5, 5.41) is 0.423. The Morgan fingerprint density at radius 2 is 1.48 bits per heavy atom. The van der Waals surface area contributed by atoms with Crippen LogP contribution in [0.3, 0.4) is 0 Å². The van der Waals surface area contributed by atoms with Crippen LogP contribution in [0.25, 0.3) is 0 Å². The minimum Gasteiger partial charge on any atom is -0.368 e. The molecule has 1 aliphatic rings. The van der Waals surface area contributed by atoms with Crippen molar-refractivity contribution in [2.24, 2.45) is 5.73 Å². The fraction of sp³-hybridized carbons (Fsp3) is 0.364. The highest BCUT2D eigenvalue weighted by Crippen LogP contribution is 2.38. The first-order valence-corrected chi connectivity index (χ1v) is 10.3. The summed E-state index contributed by atoms with van der Waals surface area (Å²) >= 11 is 5.87.